The van der Waals surface area contributed by atoms with Gasteiger partial charge in [-0.3, -0.25) is 0 Å². The van der Waals surface area contributed by atoms with E-state index < -0.39 is 0 Å². The summed E-state index contributed by atoms with van der Waals surface area (Å²) in [5.74, 6) is 1.83. The molecule has 0 aliphatic rings. The number of halogens is 1. The topological polar surface area (TPSA) is 41.1 Å². The van der Waals surface area contributed by atoms with Crippen LogP contribution in [0.1, 0.15) is 27.2 Å². The lowest BCUT2D eigenvalue weighted by molar-refractivity contribution is 0.774. The molecule has 16 heavy (non-hydrogen) atoms. The molecule has 4 nitrogen and oxygen atoms in total. The van der Waals surface area contributed by atoms with Crippen molar-refractivity contribution in [1.82, 2.24) is 9.97 Å². The van der Waals surface area contributed by atoms with Crippen molar-refractivity contribution in [3.63, 3.8) is 0 Å². The van der Waals surface area contributed by atoms with Gasteiger partial charge in [0.05, 0.1) is 0 Å². The molecule has 1 aromatic heterocycles. The number of anilines is 2. The molecule has 0 radical (unpaired) electrons. The number of nitrogens with zero attached hydrogens (tertiary/aromatic N) is 3. The Bertz CT molecular complexity index is 330. The molecule has 0 aliphatic heterocycles. The van der Waals surface area contributed by atoms with Crippen LogP contribution in [0.5, 0.6) is 0 Å². The highest BCUT2D eigenvalue weighted by Crippen LogP contribution is 2.29. The third-order valence-corrected chi connectivity index (χ3v) is 3.02. The molecule has 90 valence electrons. The monoisotopic (exact) mass is 286 g/mol. The van der Waals surface area contributed by atoms with Crippen molar-refractivity contribution in [1.29, 1.82) is 0 Å². The molecule has 5 heteroatoms. The highest BCUT2D eigenvalue weighted by molar-refractivity contribution is 9.10. The van der Waals surface area contributed by atoms with E-state index in [1.165, 1.54) is 0 Å². The summed E-state index contributed by atoms with van der Waals surface area (Å²) >= 11 is 3.56. The number of nitrogens with one attached hydrogen (secondary N) is 1. The molecule has 0 spiro atoms. The molecule has 0 saturated carbocycles. The van der Waals surface area contributed by atoms with Gasteiger partial charge in [0.15, 0.2) is 0 Å². The Kier molecular flexibility index (Phi) is 5.52. The van der Waals surface area contributed by atoms with Crippen molar-refractivity contribution in [2.45, 2.75) is 27.2 Å². The Balaban J connectivity index is 2.98. The van der Waals surface area contributed by atoms with Gasteiger partial charge in [0.25, 0.3) is 0 Å². The van der Waals surface area contributed by atoms with Crippen molar-refractivity contribution in [2.75, 3.05) is 29.9 Å². The van der Waals surface area contributed by atoms with Gasteiger partial charge < -0.3 is 10.2 Å². The van der Waals surface area contributed by atoms with E-state index in [1.54, 1.807) is 6.33 Å². The fourth-order valence-electron chi connectivity index (χ4n) is 1.56. The van der Waals surface area contributed by atoms with Crippen molar-refractivity contribution in [3.05, 3.63) is 10.8 Å². The van der Waals surface area contributed by atoms with Gasteiger partial charge in [-0.2, -0.15) is 0 Å². The smallest absolute Gasteiger partial charge is 0.148 e. The van der Waals surface area contributed by atoms with Crippen LogP contribution in [0, 0.1) is 0 Å². The van der Waals surface area contributed by atoms with Crippen LogP contribution in [0.4, 0.5) is 11.6 Å². The number of aromatic nitrogens is 2. The highest BCUT2D eigenvalue weighted by Gasteiger charge is 2.12. The van der Waals surface area contributed by atoms with Crippen LogP contribution >= 0.6 is 15.9 Å². The SMILES string of the molecule is CCCN(CC)c1ncnc(NCC)c1Br. The summed E-state index contributed by atoms with van der Waals surface area (Å²) < 4.78 is 0.951. The van der Waals surface area contributed by atoms with E-state index in [9.17, 15) is 0 Å². The lowest BCUT2D eigenvalue weighted by atomic mass is 10.4. The van der Waals surface area contributed by atoms with E-state index in [1.807, 2.05) is 0 Å². The lowest BCUT2D eigenvalue weighted by Gasteiger charge is -2.22. The summed E-state index contributed by atoms with van der Waals surface area (Å²) in [5.41, 5.74) is 0. The summed E-state index contributed by atoms with van der Waals surface area (Å²) in [4.78, 5) is 10.8. The van der Waals surface area contributed by atoms with Gasteiger partial charge in [-0.15, -0.1) is 0 Å². The third kappa shape index (κ3) is 3.07. The first-order valence-corrected chi connectivity index (χ1v) is 6.53. The zero-order valence-corrected chi connectivity index (χ0v) is 11.7. The van der Waals surface area contributed by atoms with Crippen LogP contribution in [0.2, 0.25) is 0 Å². The van der Waals surface area contributed by atoms with Crippen molar-refractivity contribution in [2.24, 2.45) is 0 Å². The molecular weight excluding hydrogens is 268 g/mol. The predicted octanol–water partition coefficient (Wildman–Crippen LogP) is 2.91. The minimum Gasteiger partial charge on any atom is -0.369 e. The van der Waals surface area contributed by atoms with E-state index in [2.05, 4.69) is 56.9 Å². The van der Waals surface area contributed by atoms with Crippen LogP contribution in [0.15, 0.2) is 10.8 Å². The second-order valence-corrected chi connectivity index (χ2v) is 4.26. The zero-order chi connectivity index (χ0) is 12.0. The van der Waals surface area contributed by atoms with Crippen LogP contribution in [-0.4, -0.2) is 29.6 Å². The Labute approximate surface area is 106 Å². The number of hydrogen-bond donors (Lipinski definition) is 1. The summed E-state index contributed by atoms with van der Waals surface area (Å²) in [5, 5.41) is 3.21. The molecule has 1 heterocycles. The van der Waals surface area contributed by atoms with Gasteiger partial charge in [0, 0.05) is 19.6 Å². The molecule has 0 amide bonds. The van der Waals surface area contributed by atoms with Crippen LogP contribution in [0.25, 0.3) is 0 Å². The molecule has 1 N–H and O–H groups in total. The first kappa shape index (κ1) is 13.2. The molecule has 1 rings (SSSR count). The Morgan fingerprint density at radius 2 is 2.06 bits per heavy atom. The minimum atomic E-state index is 0.856. The summed E-state index contributed by atoms with van der Waals surface area (Å²) in [6.07, 6.45) is 2.72. The fraction of sp³-hybridized carbons (Fsp3) is 0.636. The lowest BCUT2D eigenvalue weighted by Crippen LogP contribution is -2.25. The number of hydrogen-bond acceptors (Lipinski definition) is 4. The van der Waals surface area contributed by atoms with Crippen LogP contribution < -0.4 is 10.2 Å². The second kappa shape index (κ2) is 6.68. The van der Waals surface area contributed by atoms with E-state index in [0.717, 1.165) is 42.2 Å². The van der Waals surface area contributed by atoms with Crippen molar-refractivity contribution >= 4 is 27.6 Å². The maximum absolute atomic E-state index is 4.34. The standard InChI is InChI=1S/C11H19BrN4/c1-4-7-16(6-3)11-9(12)10(13-5-2)14-8-15-11/h8H,4-7H2,1-3H3,(H,13,14,15). The zero-order valence-electron chi connectivity index (χ0n) is 10.1. The van der Waals surface area contributed by atoms with Gasteiger partial charge in [0.2, 0.25) is 0 Å². The fourth-order valence-corrected chi connectivity index (χ4v) is 2.15. The molecule has 0 aromatic carbocycles. The van der Waals surface area contributed by atoms with Crippen LogP contribution in [0.3, 0.4) is 0 Å². The highest BCUT2D eigenvalue weighted by atomic mass is 79.9. The normalized spacial score (nSPS) is 10.2. The molecule has 0 saturated heterocycles. The molecule has 0 unspecified atom stereocenters. The van der Waals surface area contributed by atoms with Crippen molar-refractivity contribution < 1.29 is 0 Å². The van der Waals surface area contributed by atoms with Crippen LogP contribution in [-0.2, 0) is 0 Å². The first-order valence-electron chi connectivity index (χ1n) is 5.73. The Morgan fingerprint density at radius 3 is 2.62 bits per heavy atom. The van der Waals surface area contributed by atoms with E-state index in [4.69, 9.17) is 0 Å². The van der Waals surface area contributed by atoms with Gasteiger partial charge in [-0.05, 0) is 36.2 Å². The van der Waals surface area contributed by atoms with E-state index >= 15 is 0 Å². The second-order valence-electron chi connectivity index (χ2n) is 3.47. The molecule has 0 aliphatic carbocycles. The average Bonchev–Trinajstić information content (AvgIpc) is 2.30. The van der Waals surface area contributed by atoms with Gasteiger partial charge in [-0.25, -0.2) is 9.97 Å². The van der Waals surface area contributed by atoms with Crippen molar-refractivity contribution in [3.8, 4) is 0 Å². The Hall–Kier alpha value is -0.840. The molecular formula is C11H19BrN4. The summed E-state index contributed by atoms with van der Waals surface area (Å²) in [6.45, 7) is 9.18. The third-order valence-electron chi connectivity index (χ3n) is 2.29. The summed E-state index contributed by atoms with van der Waals surface area (Å²) in [6, 6.07) is 0. The first-order chi connectivity index (χ1) is 7.74. The Morgan fingerprint density at radius 1 is 1.31 bits per heavy atom. The van der Waals surface area contributed by atoms with E-state index in [-0.39, 0.29) is 0 Å². The van der Waals surface area contributed by atoms with Gasteiger partial charge in [-0.1, -0.05) is 6.92 Å². The quantitative estimate of drug-likeness (QED) is 0.873. The molecule has 0 bridgehead atoms. The molecule has 0 atom stereocenters. The largest absolute Gasteiger partial charge is 0.369 e. The maximum Gasteiger partial charge on any atom is 0.148 e. The number of rotatable bonds is 6. The molecule has 0 fully saturated rings. The van der Waals surface area contributed by atoms with E-state index in [0.29, 0.717) is 0 Å². The maximum atomic E-state index is 4.34. The average molecular weight is 287 g/mol. The van der Waals surface area contributed by atoms with Gasteiger partial charge >= 0.3 is 0 Å². The summed E-state index contributed by atoms with van der Waals surface area (Å²) in [7, 11) is 0. The minimum absolute atomic E-state index is 0.856. The molecule has 1 aromatic rings. The predicted molar refractivity (Wildman–Crippen MR) is 72.1 cm³/mol. The van der Waals surface area contributed by atoms with Gasteiger partial charge in [0.1, 0.15) is 22.4 Å².